The molecule has 1 N–H and O–H groups in total. The van der Waals surface area contributed by atoms with Crippen LogP contribution in [0.4, 0.5) is 0 Å². The van der Waals surface area contributed by atoms with Crippen molar-refractivity contribution in [3.05, 3.63) is 79.6 Å². The molecule has 2 heterocycles. The number of hydrogen-bond acceptors (Lipinski definition) is 8. The Labute approximate surface area is 238 Å². The van der Waals surface area contributed by atoms with E-state index in [-0.39, 0.29) is 23.5 Å². The number of nitrogens with zero attached hydrogens (tertiary/aromatic N) is 2. The number of thiazole rings is 1. The average Bonchev–Trinajstić information content (AvgIpc) is 3.15. The van der Waals surface area contributed by atoms with Crippen molar-refractivity contribution < 1.29 is 24.1 Å². The number of fused-ring (bicyclic) bond motifs is 1. The fourth-order valence-electron chi connectivity index (χ4n) is 3.95. The summed E-state index contributed by atoms with van der Waals surface area (Å²) in [5.74, 6) is 0.681. The number of phenolic OH excluding ortho intramolecular Hbond substituents is 1. The first-order valence-electron chi connectivity index (χ1n) is 10.8. The molecule has 1 aliphatic rings. The smallest absolute Gasteiger partial charge is 0.338 e. The predicted octanol–water partition coefficient (Wildman–Crippen LogP) is 3.73. The molecule has 0 radical (unpaired) electrons. The number of esters is 1. The summed E-state index contributed by atoms with van der Waals surface area (Å²) in [4.78, 5) is 31.9. The van der Waals surface area contributed by atoms with E-state index in [4.69, 9.17) is 14.2 Å². The molecule has 0 fully saturated rings. The van der Waals surface area contributed by atoms with Crippen molar-refractivity contribution in [1.29, 1.82) is 0 Å². The number of benzene rings is 2. The Morgan fingerprint density at radius 1 is 1.17 bits per heavy atom. The van der Waals surface area contributed by atoms with E-state index in [0.29, 0.717) is 39.2 Å². The summed E-state index contributed by atoms with van der Waals surface area (Å²) in [6.07, 6.45) is 1.77. The third-order valence-corrected chi connectivity index (χ3v) is 8.20. The van der Waals surface area contributed by atoms with Gasteiger partial charge in [0.2, 0.25) is 0 Å². The van der Waals surface area contributed by atoms with Crippen LogP contribution in [-0.2, 0) is 9.53 Å². The molecule has 1 aromatic heterocycles. The van der Waals surface area contributed by atoms with Crippen LogP contribution in [0.15, 0.2) is 51.4 Å². The first-order valence-corrected chi connectivity index (χ1v) is 13.8. The lowest BCUT2D eigenvalue weighted by Gasteiger charge is -2.25. The zero-order chi connectivity index (χ0) is 26.1. The number of allylic oxidation sites excluding steroid dienone is 1. The molecular weight excluding hydrogens is 710 g/mol. The lowest BCUT2D eigenvalue weighted by molar-refractivity contribution is -0.139. The molecule has 0 saturated carbocycles. The quantitative estimate of drug-likeness (QED) is 0.307. The lowest BCUT2D eigenvalue weighted by atomic mass is 9.95. The second kappa shape index (κ2) is 10.9. The summed E-state index contributed by atoms with van der Waals surface area (Å²) in [5.41, 5.74) is 1.92. The van der Waals surface area contributed by atoms with Gasteiger partial charge in [-0.05, 0) is 100 Å². The van der Waals surface area contributed by atoms with Gasteiger partial charge in [0, 0.05) is 0 Å². The Bertz CT molecular complexity index is 1550. The largest absolute Gasteiger partial charge is 0.506 e. The Hall–Kier alpha value is -2.39. The molecule has 1 aliphatic heterocycles. The van der Waals surface area contributed by atoms with Crippen molar-refractivity contribution in [3.8, 4) is 17.2 Å². The summed E-state index contributed by atoms with van der Waals surface area (Å²) in [7, 11) is 3.07. The van der Waals surface area contributed by atoms with E-state index >= 15 is 0 Å². The second-order valence-electron chi connectivity index (χ2n) is 7.75. The molecule has 1 atom stereocenters. The first kappa shape index (κ1) is 26.7. The maximum absolute atomic E-state index is 13.7. The SMILES string of the molecule is CCOC(=O)C1=C(C)N=c2s/c(=C\c3cc(I)c(O)c(I)c3)c(=O)n2C1c1ccc(OC)c(OC)c1. The Morgan fingerprint density at radius 3 is 2.44 bits per heavy atom. The number of aromatic hydroxyl groups is 1. The fourth-order valence-corrected chi connectivity index (χ4v) is 6.81. The van der Waals surface area contributed by atoms with Crippen molar-refractivity contribution in [2.75, 3.05) is 20.8 Å². The van der Waals surface area contributed by atoms with Gasteiger partial charge in [0.15, 0.2) is 16.3 Å². The topological polar surface area (TPSA) is 99.4 Å². The first-order chi connectivity index (χ1) is 17.2. The number of ether oxygens (including phenoxy) is 3. The summed E-state index contributed by atoms with van der Waals surface area (Å²) in [6, 6.07) is 8.13. The molecule has 3 aromatic rings. The van der Waals surface area contributed by atoms with Gasteiger partial charge in [-0.3, -0.25) is 9.36 Å². The van der Waals surface area contributed by atoms with Crippen LogP contribution >= 0.6 is 56.5 Å². The maximum atomic E-state index is 13.7. The van der Waals surface area contributed by atoms with Gasteiger partial charge in [-0.25, -0.2) is 9.79 Å². The van der Waals surface area contributed by atoms with Crippen LogP contribution < -0.4 is 24.4 Å². The van der Waals surface area contributed by atoms with E-state index in [1.54, 1.807) is 57.4 Å². The minimum atomic E-state index is -0.762. The summed E-state index contributed by atoms with van der Waals surface area (Å²) in [5, 5.41) is 10.1. The maximum Gasteiger partial charge on any atom is 0.338 e. The number of carbonyl (C=O) groups excluding carboxylic acids is 1. The monoisotopic (exact) mass is 732 g/mol. The lowest BCUT2D eigenvalue weighted by Crippen LogP contribution is -2.40. The third kappa shape index (κ3) is 4.92. The van der Waals surface area contributed by atoms with Crippen molar-refractivity contribution in [3.63, 3.8) is 0 Å². The molecule has 1 unspecified atom stereocenters. The highest BCUT2D eigenvalue weighted by molar-refractivity contribution is 14.1. The summed E-state index contributed by atoms with van der Waals surface area (Å²) < 4.78 is 19.5. The molecule has 0 spiro atoms. The highest BCUT2D eigenvalue weighted by atomic mass is 127. The number of aromatic nitrogens is 1. The van der Waals surface area contributed by atoms with Gasteiger partial charge in [0.1, 0.15) is 5.75 Å². The second-order valence-corrected chi connectivity index (χ2v) is 11.1. The van der Waals surface area contributed by atoms with Gasteiger partial charge >= 0.3 is 5.97 Å². The zero-order valence-corrected chi connectivity index (χ0v) is 24.9. The molecule has 0 aliphatic carbocycles. The van der Waals surface area contributed by atoms with Crippen LogP contribution in [0, 0.1) is 7.14 Å². The van der Waals surface area contributed by atoms with Crippen LogP contribution in [0.1, 0.15) is 31.0 Å². The standard InChI is InChI=1S/C25H22I2N2O6S/c1-5-35-24(32)20-12(2)28-25-29(21(20)14-6-7-17(33-3)18(11-14)34-4)23(31)19(36-25)10-13-8-15(26)22(30)16(27)9-13/h6-11,21,30H,5H2,1-4H3/b19-10-. The molecule has 8 nitrogen and oxygen atoms in total. The molecule has 0 amide bonds. The van der Waals surface area contributed by atoms with Crippen LogP contribution in [0.3, 0.4) is 0 Å². The van der Waals surface area contributed by atoms with Gasteiger partial charge in [-0.15, -0.1) is 0 Å². The molecule has 2 aromatic carbocycles. The van der Waals surface area contributed by atoms with Crippen molar-refractivity contribution in [2.24, 2.45) is 4.99 Å². The van der Waals surface area contributed by atoms with Crippen LogP contribution in [0.5, 0.6) is 17.2 Å². The Balaban J connectivity index is 1.98. The Morgan fingerprint density at radius 2 is 1.83 bits per heavy atom. The number of hydrogen-bond donors (Lipinski definition) is 1. The fraction of sp³-hybridized carbons (Fsp3) is 0.240. The number of halogens is 2. The van der Waals surface area contributed by atoms with Crippen LogP contribution in [-0.4, -0.2) is 36.5 Å². The highest BCUT2D eigenvalue weighted by Crippen LogP contribution is 2.36. The number of methoxy groups -OCH3 is 2. The van der Waals surface area contributed by atoms with Crippen molar-refractivity contribution >= 4 is 68.6 Å². The van der Waals surface area contributed by atoms with Gasteiger partial charge in [0.05, 0.1) is 49.8 Å². The molecule has 188 valence electrons. The average molecular weight is 732 g/mol. The van der Waals surface area contributed by atoms with Crippen LogP contribution in [0.2, 0.25) is 0 Å². The van der Waals surface area contributed by atoms with E-state index < -0.39 is 12.0 Å². The minimum Gasteiger partial charge on any atom is -0.506 e. The summed E-state index contributed by atoms with van der Waals surface area (Å²) in [6.45, 7) is 3.66. The number of carbonyl (C=O) groups is 1. The molecular formula is C25H22I2N2O6S. The normalized spacial score (nSPS) is 15.4. The number of rotatable bonds is 6. The van der Waals surface area contributed by atoms with E-state index in [2.05, 4.69) is 50.2 Å². The predicted molar refractivity (Wildman–Crippen MR) is 153 cm³/mol. The van der Waals surface area contributed by atoms with E-state index in [1.165, 1.54) is 23.0 Å². The van der Waals surface area contributed by atoms with E-state index in [9.17, 15) is 14.7 Å². The molecule has 0 saturated heterocycles. The van der Waals surface area contributed by atoms with E-state index in [0.717, 1.165) is 5.56 Å². The third-order valence-electron chi connectivity index (χ3n) is 5.58. The van der Waals surface area contributed by atoms with Crippen molar-refractivity contribution in [1.82, 2.24) is 4.57 Å². The number of phenols is 1. The molecule has 0 bridgehead atoms. The molecule has 4 rings (SSSR count). The summed E-state index contributed by atoms with van der Waals surface area (Å²) >= 11 is 5.35. The van der Waals surface area contributed by atoms with Gasteiger partial charge in [0.25, 0.3) is 5.56 Å². The molecule has 36 heavy (non-hydrogen) atoms. The Kier molecular flexibility index (Phi) is 8.09. The van der Waals surface area contributed by atoms with Gasteiger partial charge in [-0.1, -0.05) is 17.4 Å². The van der Waals surface area contributed by atoms with Gasteiger partial charge in [-0.2, -0.15) is 0 Å². The van der Waals surface area contributed by atoms with Gasteiger partial charge < -0.3 is 19.3 Å². The zero-order valence-electron chi connectivity index (χ0n) is 19.8. The highest BCUT2D eigenvalue weighted by Gasteiger charge is 2.34. The van der Waals surface area contributed by atoms with Crippen molar-refractivity contribution in [2.45, 2.75) is 19.9 Å². The van der Waals surface area contributed by atoms with E-state index in [1.807, 2.05) is 0 Å². The molecule has 11 heteroatoms. The minimum absolute atomic E-state index is 0.191. The van der Waals surface area contributed by atoms with Crippen LogP contribution in [0.25, 0.3) is 6.08 Å².